The van der Waals surface area contributed by atoms with Crippen molar-refractivity contribution in [2.45, 2.75) is 13.5 Å². The van der Waals surface area contributed by atoms with Crippen molar-refractivity contribution in [1.82, 2.24) is 20.0 Å². The van der Waals surface area contributed by atoms with Crippen molar-refractivity contribution in [3.05, 3.63) is 93.0 Å². The summed E-state index contributed by atoms with van der Waals surface area (Å²) >= 11 is 12.1. The number of benzene rings is 3. The Labute approximate surface area is 219 Å². The second kappa shape index (κ2) is 10.2. The van der Waals surface area contributed by atoms with Crippen molar-refractivity contribution in [3.8, 4) is 0 Å². The van der Waals surface area contributed by atoms with Gasteiger partial charge in [-0.2, -0.15) is 5.10 Å². The van der Waals surface area contributed by atoms with Crippen LogP contribution in [0.5, 0.6) is 0 Å². The van der Waals surface area contributed by atoms with Crippen molar-refractivity contribution < 1.29 is 9.59 Å². The van der Waals surface area contributed by atoms with Gasteiger partial charge in [0.05, 0.1) is 16.1 Å². The molecule has 7 nitrogen and oxygen atoms in total. The first-order valence-corrected chi connectivity index (χ1v) is 12.5. The standard InChI is InChI=1S/C27H25Cl2N5O2/c1-17-4-2-7-22-24(17)31-32-25(22)30-16-18-5-3-6-19(14-18)26(35)33-10-12-34(13-11-33)27(36)21-9-8-20(28)15-23(21)29/h2-9,14-15H,10-13,16H2,1H3,(H2,30,31,32). The van der Waals surface area contributed by atoms with Crippen LogP contribution >= 0.6 is 23.2 Å². The number of nitrogens with zero attached hydrogens (tertiary/aromatic N) is 3. The van der Waals surface area contributed by atoms with Gasteiger partial charge in [0, 0.05) is 48.7 Å². The molecule has 36 heavy (non-hydrogen) atoms. The monoisotopic (exact) mass is 521 g/mol. The molecule has 0 radical (unpaired) electrons. The number of amides is 2. The van der Waals surface area contributed by atoms with E-state index in [1.807, 2.05) is 49.4 Å². The van der Waals surface area contributed by atoms with Gasteiger partial charge in [0.25, 0.3) is 11.8 Å². The molecular formula is C27H25Cl2N5O2. The van der Waals surface area contributed by atoms with E-state index in [-0.39, 0.29) is 11.8 Å². The van der Waals surface area contributed by atoms with Gasteiger partial charge in [-0.05, 0) is 54.4 Å². The van der Waals surface area contributed by atoms with Gasteiger partial charge in [-0.3, -0.25) is 14.7 Å². The highest BCUT2D eigenvalue weighted by atomic mass is 35.5. The Kier molecular flexibility index (Phi) is 6.85. The summed E-state index contributed by atoms with van der Waals surface area (Å²) in [6.07, 6.45) is 0. The van der Waals surface area contributed by atoms with Gasteiger partial charge in [0.15, 0.2) is 5.82 Å². The Morgan fingerprint density at radius 2 is 1.67 bits per heavy atom. The van der Waals surface area contributed by atoms with Crippen molar-refractivity contribution in [3.63, 3.8) is 0 Å². The highest BCUT2D eigenvalue weighted by molar-refractivity contribution is 6.36. The third-order valence-electron chi connectivity index (χ3n) is 6.46. The summed E-state index contributed by atoms with van der Waals surface area (Å²) in [6.45, 7) is 4.38. The average Bonchev–Trinajstić information content (AvgIpc) is 3.31. The topological polar surface area (TPSA) is 81.3 Å². The zero-order valence-electron chi connectivity index (χ0n) is 19.7. The molecule has 1 aliphatic rings. The number of aryl methyl sites for hydroxylation is 1. The predicted octanol–water partition coefficient (Wildman–Crippen LogP) is 5.39. The van der Waals surface area contributed by atoms with E-state index >= 15 is 0 Å². The third kappa shape index (κ3) is 4.90. The number of hydrogen-bond donors (Lipinski definition) is 2. The molecule has 3 aromatic carbocycles. The Morgan fingerprint density at radius 3 is 2.42 bits per heavy atom. The summed E-state index contributed by atoms with van der Waals surface area (Å²) in [5, 5.41) is 12.7. The van der Waals surface area contributed by atoms with Crippen LogP contribution in [0.15, 0.2) is 60.7 Å². The number of rotatable bonds is 5. The zero-order valence-corrected chi connectivity index (χ0v) is 21.2. The molecule has 2 heterocycles. The highest BCUT2D eigenvalue weighted by Crippen LogP contribution is 2.24. The Morgan fingerprint density at radius 1 is 0.944 bits per heavy atom. The van der Waals surface area contributed by atoms with Crippen LogP contribution in [0.25, 0.3) is 10.9 Å². The van der Waals surface area contributed by atoms with Gasteiger partial charge in [-0.15, -0.1) is 0 Å². The number of carbonyl (C=O) groups is 2. The molecule has 0 bridgehead atoms. The first-order valence-electron chi connectivity index (χ1n) is 11.7. The number of H-pyrrole nitrogens is 1. The van der Waals surface area contributed by atoms with Crippen molar-refractivity contribution in [1.29, 1.82) is 0 Å². The second-order valence-corrected chi connectivity index (χ2v) is 9.68. The lowest BCUT2D eigenvalue weighted by Gasteiger charge is -2.35. The van der Waals surface area contributed by atoms with Crippen LogP contribution in [0, 0.1) is 6.92 Å². The molecule has 0 saturated carbocycles. The lowest BCUT2D eigenvalue weighted by atomic mass is 10.1. The number of piperazine rings is 1. The molecule has 4 aromatic rings. The minimum Gasteiger partial charge on any atom is -0.364 e. The zero-order chi connectivity index (χ0) is 25.2. The van der Waals surface area contributed by atoms with Crippen LogP contribution in [0.3, 0.4) is 0 Å². The van der Waals surface area contributed by atoms with Crippen LogP contribution in [-0.2, 0) is 6.54 Å². The molecule has 1 fully saturated rings. The van der Waals surface area contributed by atoms with Crippen LogP contribution in [0.1, 0.15) is 31.8 Å². The van der Waals surface area contributed by atoms with Gasteiger partial charge < -0.3 is 15.1 Å². The molecule has 184 valence electrons. The SMILES string of the molecule is Cc1cccc2c(NCc3cccc(C(=O)N4CCN(C(=O)c5ccc(Cl)cc5Cl)CC4)c3)n[nH]c12. The average molecular weight is 522 g/mol. The molecule has 2 amide bonds. The van der Waals surface area contributed by atoms with E-state index in [4.69, 9.17) is 23.2 Å². The number of aromatic nitrogens is 2. The molecule has 2 N–H and O–H groups in total. The van der Waals surface area contributed by atoms with Crippen molar-refractivity contribution in [2.75, 3.05) is 31.5 Å². The van der Waals surface area contributed by atoms with Gasteiger partial charge in [-0.25, -0.2) is 0 Å². The minimum atomic E-state index is -0.155. The number of fused-ring (bicyclic) bond motifs is 1. The minimum absolute atomic E-state index is 0.0469. The van der Waals surface area contributed by atoms with E-state index in [1.165, 1.54) is 0 Å². The quantitative estimate of drug-likeness (QED) is 0.369. The maximum absolute atomic E-state index is 13.2. The summed E-state index contributed by atoms with van der Waals surface area (Å²) in [4.78, 5) is 29.6. The van der Waals surface area contributed by atoms with E-state index in [0.717, 1.165) is 27.8 Å². The van der Waals surface area contributed by atoms with E-state index in [0.29, 0.717) is 53.9 Å². The van der Waals surface area contributed by atoms with Gasteiger partial charge in [-0.1, -0.05) is 47.5 Å². The summed E-state index contributed by atoms with van der Waals surface area (Å²) < 4.78 is 0. The number of hydrogen-bond acceptors (Lipinski definition) is 4. The molecule has 0 unspecified atom stereocenters. The molecule has 9 heteroatoms. The first kappa shape index (κ1) is 24.2. The Balaban J connectivity index is 1.21. The summed E-state index contributed by atoms with van der Waals surface area (Å²) in [7, 11) is 0. The van der Waals surface area contributed by atoms with Crippen molar-refractivity contribution >= 4 is 51.7 Å². The molecule has 1 aliphatic heterocycles. The molecular weight excluding hydrogens is 497 g/mol. The number of carbonyl (C=O) groups excluding carboxylic acids is 2. The number of nitrogens with one attached hydrogen (secondary N) is 2. The predicted molar refractivity (Wildman–Crippen MR) is 143 cm³/mol. The molecule has 0 atom stereocenters. The normalized spacial score (nSPS) is 13.8. The lowest BCUT2D eigenvalue weighted by molar-refractivity contribution is 0.0535. The smallest absolute Gasteiger partial charge is 0.255 e. The van der Waals surface area contributed by atoms with Crippen LogP contribution < -0.4 is 5.32 Å². The summed E-state index contributed by atoms with van der Waals surface area (Å²) in [5.74, 6) is 0.583. The van der Waals surface area contributed by atoms with Crippen molar-refractivity contribution in [2.24, 2.45) is 0 Å². The number of para-hydroxylation sites is 1. The molecule has 1 aromatic heterocycles. The van der Waals surface area contributed by atoms with Gasteiger partial charge in [0.2, 0.25) is 0 Å². The maximum atomic E-state index is 13.2. The number of halogens is 2. The molecule has 5 rings (SSSR count). The van der Waals surface area contributed by atoms with E-state index in [9.17, 15) is 9.59 Å². The second-order valence-electron chi connectivity index (χ2n) is 8.83. The van der Waals surface area contributed by atoms with Crippen LogP contribution in [0.2, 0.25) is 10.0 Å². The summed E-state index contributed by atoms with van der Waals surface area (Å²) in [6, 6.07) is 18.5. The largest absolute Gasteiger partial charge is 0.364 e. The maximum Gasteiger partial charge on any atom is 0.255 e. The van der Waals surface area contributed by atoms with Crippen LogP contribution in [0.4, 0.5) is 5.82 Å². The van der Waals surface area contributed by atoms with Gasteiger partial charge in [0.1, 0.15) is 0 Å². The van der Waals surface area contributed by atoms with E-state index < -0.39 is 0 Å². The third-order valence-corrected chi connectivity index (χ3v) is 7.00. The first-order chi connectivity index (χ1) is 17.4. The fraction of sp³-hybridized carbons (Fsp3) is 0.222. The lowest BCUT2D eigenvalue weighted by Crippen LogP contribution is -2.50. The van der Waals surface area contributed by atoms with E-state index in [1.54, 1.807) is 28.0 Å². The van der Waals surface area contributed by atoms with E-state index in [2.05, 4.69) is 15.5 Å². The van der Waals surface area contributed by atoms with Gasteiger partial charge >= 0.3 is 0 Å². The summed E-state index contributed by atoms with van der Waals surface area (Å²) in [5.41, 5.74) is 4.17. The Bertz CT molecular complexity index is 1440. The molecule has 0 aliphatic carbocycles. The van der Waals surface area contributed by atoms with Crippen LogP contribution in [-0.4, -0.2) is 58.0 Å². The molecule has 0 spiro atoms. The fourth-order valence-electron chi connectivity index (χ4n) is 4.45. The highest BCUT2D eigenvalue weighted by Gasteiger charge is 2.26. The number of anilines is 1. The fourth-order valence-corrected chi connectivity index (χ4v) is 4.94. The Hall–Kier alpha value is -3.55. The number of aromatic amines is 1. The molecule has 1 saturated heterocycles.